The monoisotopic (exact) mass is 409 g/mol. The van der Waals surface area contributed by atoms with Crippen LogP contribution in [0.25, 0.3) is 0 Å². The fourth-order valence-electron chi connectivity index (χ4n) is 1.90. The highest BCUT2D eigenvalue weighted by Crippen LogP contribution is 2.22. The van der Waals surface area contributed by atoms with E-state index in [1.807, 2.05) is 0 Å². The summed E-state index contributed by atoms with van der Waals surface area (Å²) in [5.74, 6) is -0.0466. The van der Waals surface area contributed by atoms with Gasteiger partial charge in [-0.3, -0.25) is 25.0 Å². The van der Waals surface area contributed by atoms with Gasteiger partial charge in [0.1, 0.15) is 12.4 Å². The molecule has 2 aromatic carbocycles. The Labute approximate surface area is 150 Å². The van der Waals surface area contributed by atoms with E-state index >= 15 is 0 Å². The molecule has 1 N–H and O–H groups in total. The zero-order valence-corrected chi connectivity index (χ0v) is 14.3. The van der Waals surface area contributed by atoms with E-state index in [2.05, 4.69) is 21.2 Å². The van der Waals surface area contributed by atoms with Crippen molar-refractivity contribution in [3.63, 3.8) is 0 Å². The molecule has 9 nitrogen and oxygen atoms in total. The number of amides is 1. The Balaban J connectivity index is 1.96. The minimum atomic E-state index is -0.791. The molecule has 0 aliphatic heterocycles. The average molecular weight is 410 g/mol. The van der Waals surface area contributed by atoms with Gasteiger partial charge in [-0.2, -0.15) is 0 Å². The molecule has 0 aliphatic carbocycles. The molecular weight excluding hydrogens is 398 g/mol. The number of nitrogens with one attached hydrogen (secondary N) is 1. The minimum absolute atomic E-state index is 0.130. The normalized spacial score (nSPS) is 10.1. The van der Waals surface area contributed by atoms with Gasteiger partial charge < -0.3 is 10.1 Å². The van der Waals surface area contributed by atoms with Crippen molar-refractivity contribution < 1.29 is 19.4 Å². The summed E-state index contributed by atoms with van der Waals surface area (Å²) in [7, 11) is 0. The Hall–Kier alpha value is -3.01. The van der Waals surface area contributed by atoms with E-state index < -0.39 is 27.1 Å². The van der Waals surface area contributed by atoms with Crippen molar-refractivity contribution in [1.29, 1.82) is 0 Å². The molecule has 0 spiro atoms. The second-order valence-corrected chi connectivity index (χ2v) is 5.73. The molecule has 10 heteroatoms. The number of carbonyl (C=O) groups is 1. The standard InChI is InChI=1S/C15H12BrN3O6/c16-11-1-3-14(4-2-11)25-6-5-17-15(20)10-7-12(18(21)22)9-13(8-10)19(23)24/h1-4,7-9H,5-6H2,(H,17,20). The van der Waals surface area contributed by atoms with Crippen molar-refractivity contribution in [2.75, 3.05) is 13.2 Å². The first kappa shape index (κ1) is 18.3. The van der Waals surface area contributed by atoms with E-state index in [0.29, 0.717) is 5.75 Å². The number of carbonyl (C=O) groups excluding carboxylic acids is 1. The van der Waals surface area contributed by atoms with Crippen molar-refractivity contribution in [2.24, 2.45) is 0 Å². The Morgan fingerprint density at radius 1 is 1.04 bits per heavy atom. The van der Waals surface area contributed by atoms with Crippen LogP contribution < -0.4 is 10.1 Å². The molecule has 2 aromatic rings. The second kappa shape index (κ2) is 8.20. The van der Waals surface area contributed by atoms with Crippen LogP contribution in [-0.2, 0) is 0 Å². The van der Waals surface area contributed by atoms with Crippen LogP contribution in [0.15, 0.2) is 46.9 Å². The third-order valence-electron chi connectivity index (χ3n) is 3.06. The summed E-state index contributed by atoms with van der Waals surface area (Å²) < 4.78 is 6.32. The number of halogens is 1. The molecule has 1 amide bonds. The Kier molecular flexibility index (Phi) is 6.01. The van der Waals surface area contributed by atoms with Gasteiger partial charge in [0.25, 0.3) is 17.3 Å². The maximum atomic E-state index is 12.0. The van der Waals surface area contributed by atoms with Gasteiger partial charge >= 0.3 is 0 Å². The SMILES string of the molecule is O=C(NCCOc1ccc(Br)cc1)c1cc([N+](=O)[O-])cc([N+](=O)[O-])c1. The van der Waals surface area contributed by atoms with Gasteiger partial charge in [0.15, 0.2) is 0 Å². The Morgan fingerprint density at radius 2 is 1.60 bits per heavy atom. The summed E-state index contributed by atoms with van der Waals surface area (Å²) in [5.41, 5.74) is -1.21. The number of benzene rings is 2. The first-order valence-electron chi connectivity index (χ1n) is 6.97. The molecular formula is C15H12BrN3O6. The third-order valence-corrected chi connectivity index (χ3v) is 3.59. The molecule has 25 heavy (non-hydrogen) atoms. The van der Waals surface area contributed by atoms with E-state index in [4.69, 9.17) is 4.74 Å². The van der Waals surface area contributed by atoms with E-state index in [0.717, 1.165) is 22.7 Å². The molecule has 0 saturated heterocycles. The number of non-ortho nitro benzene ring substituents is 2. The van der Waals surface area contributed by atoms with Gasteiger partial charge in [-0.25, -0.2) is 0 Å². The molecule has 0 unspecified atom stereocenters. The molecule has 2 rings (SSSR count). The van der Waals surface area contributed by atoms with Crippen molar-refractivity contribution >= 4 is 33.2 Å². The number of nitrogens with zero attached hydrogens (tertiary/aromatic N) is 2. The summed E-state index contributed by atoms with van der Waals surface area (Å²) in [6.07, 6.45) is 0. The van der Waals surface area contributed by atoms with Crippen molar-refractivity contribution in [3.05, 3.63) is 72.7 Å². The quantitative estimate of drug-likeness (QED) is 0.425. The topological polar surface area (TPSA) is 125 Å². The molecule has 0 radical (unpaired) electrons. The second-order valence-electron chi connectivity index (χ2n) is 4.81. The van der Waals surface area contributed by atoms with Gasteiger partial charge in [-0.1, -0.05) is 15.9 Å². The maximum absolute atomic E-state index is 12.0. The molecule has 0 aromatic heterocycles. The summed E-state index contributed by atoms with van der Waals surface area (Å²) >= 11 is 3.30. The average Bonchev–Trinajstić information content (AvgIpc) is 2.59. The lowest BCUT2D eigenvalue weighted by molar-refractivity contribution is -0.394. The molecule has 0 aliphatic rings. The number of hydrogen-bond acceptors (Lipinski definition) is 6. The maximum Gasteiger partial charge on any atom is 0.277 e. The zero-order valence-electron chi connectivity index (χ0n) is 12.7. The van der Waals surface area contributed by atoms with Gasteiger partial charge in [0.2, 0.25) is 0 Å². The predicted molar refractivity (Wildman–Crippen MR) is 91.7 cm³/mol. The van der Waals surface area contributed by atoms with Crippen LogP contribution in [0.1, 0.15) is 10.4 Å². The smallest absolute Gasteiger partial charge is 0.277 e. The summed E-state index contributed by atoms with van der Waals surface area (Å²) in [6.45, 7) is 0.301. The van der Waals surface area contributed by atoms with Crippen LogP contribution in [0.4, 0.5) is 11.4 Å². The van der Waals surface area contributed by atoms with E-state index in [1.165, 1.54) is 0 Å². The van der Waals surface area contributed by atoms with Crippen LogP contribution in [0.5, 0.6) is 5.75 Å². The molecule has 0 atom stereocenters. The number of nitro groups is 2. The molecule has 0 fully saturated rings. The highest BCUT2D eigenvalue weighted by molar-refractivity contribution is 9.10. The summed E-state index contributed by atoms with van der Waals surface area (Å²) in [4.78, 5) is 32.1. The molecule has 0 bridgehead atoms. The highest BCUT2D eigenvalue weighted by atomic mass is 79.9. The van der Waals surface area contributed by atoms with E-state index in [9.17, 15) is 25.0 Å². The first-order valence-corrected chi connectivity index (χ1v) is 7.76. The number of ether oxygens (including phenoxy) is 1. The Bertz CT molecular complexity index is 777. The minimum Gasteiger partial charge on any atom is -0.492 e. The lowest BCUT2D eigenvalue weighted by Gasteiger charge is -2.08. The van der Waals surface area contributed by atoms with Crippen LogP contribution in [0.3, 0.4) is 0 Å². The van der Waals surface area contributed by atoms with Gasteiger partial charge in [0, 0.05) is 16.6 Å². The molecule has 130 valence electrons. The predicted octanol–water partition coefficient (Wildman–Crippen LogP) is 3.07. The van der Waals surface area contributed by atoms with Crippen molar-refractivity contribution in [1.82, 2.24) is 5.32 Å². The van der Waals surface area contributed by atoms with Crippen LogP contribution in [0.2, 0.25) is 0 Å². The fraction of sp³-hybridized carbons (Fsp3) is 0.133. The highest BCUT2D eigenvalue weighted by Gasteiger charge is 2.19. The first-order chi connectivity index (χ1) is 11.9. The van der Waals surface area contributed by atoms with Crippen LogP contribution >= 0.6 is 15.9 Å². The number of rotatable bonds is 7. The summed E-state index contributed by atoms with van der Waals surface area (Å²) in [5, 5.41) is 24.1. The van der Waals surface area contributed by atoms with E-state index in [1.54, 1.807) is 24.3 Å². The summed E-state index contributed by atoms with van der Waals surface area (Å²) in [6, 6.07) is 9.86. The Morgan fingerprint density at radius 3 is 2.12 bits per heavy atom. The zero-order chi connectivity index (χ0) is 18.4. The van der Waals surface area contributed by atoms with Crippen LogP contribution in [0, 0.1) is 20.2 Å². The molecule has 0 saturated carbocycles. The van der Waals surface area contributed by atoms with Crippen LogP contribution in [-0.4, -0.2) is 28.9 Å². The fourth-order valence-corrected chi connectivity index (χ4v) is 2.17. The number of hydrogen-bond donors (Lipinski definition) is 1. The van der Waals surface area contributed by atoms with Gasteiger partial charge in [-0.05, 0) is 24.3 Å². The van der Waals surface area contributed by atoms with Crippen molar-refractivity contribution in [3.8, 4) is 5.75 Å². The lowest BCUT2D eigenvalue weighted by Crippen LogP contribution is -2.28. The van der Waals surface area contributed by atoms with Gasteiger partial charge in [-0.15, -0.1) is 0 Å². The largest absolute Gasteiger partial charge is 0.492 e. The van der Waals surface area contributed by atoms with Crippen molar-refractivity contribution in [2.45, 2.75) is 0 Å². The lowest BCUT2D eigenvalue weighted by atomic mass is 10.1. The molecule has 0 heterocycles. The van der Waals surface area contributed by atoms with Gasteiger partial charge in [0.05, 0.1) is 28.0 Å². The number of nitro benzene ring substituents is 2. The van der Waals surface area contributed by atoms with E-state index in [-0.39, 0.29) is 18.7 Å². The third kappa shape index (κ3) is 5.24.